The number of halogens is 1. The zero-order valence-electron chi connectivity index (χ0n) is 24.2. The number of para-hydroxylation sites is 1. The number of aliphatic carboxylic acids is 1. The highest BCUT2D eigenvalue weighted by atomic mass is 35.5. The molecule has 4 N–H and O–H groups in total. The summed E-state index contributed by atoms with van der Waals surface area (Å²) in [5.74, 6) is -1.89. The third-order valence-electron chi connectivity index (χ3n) is 7.14. The number of hydrogen-bond acceptors (Lipinski definition) is 7. The van der Waals surface area contributed by atoms with E-state index >= 15 is 0 Å². The number of anilines is 2. The smallest absolute Gasteiger partial charge is 0.303 e. The Morgan fingerprint density at radius 2 is 1.84 bits per heavy atom. The molecule has 1 aliphatic rings. The number of phenolic OH excluding ortho intramolecular Hbond substituents is 1. The molecular weight excluding hydrogens is 576 g/mol. The van der Waals surface area contributed by atoms with Crippen molar-refractivity contribution >= 4 is 40.8 Å². The highest BCUT2D eigenvalue weighted by molar-refractivity contribution is 6.30. The largest absolute Gasteiger partial charge is 0.504 e. The lowest BCUT2D eigenvalue weighted by molar-refractivity contribution is -0.137. The van der Waals surface area contributed by atoms with Gasteiger partial charge in [-0.15, -0.1) is 0 Å². The molecule has 1 aliphatic heterocycles. The number of carbonyl (C=O) groups is 3. The minimum absolute atomic E-state index is 0.0493. The third-order valence-corrected chi connectivity index (χ3v) is 7.37. The van der Waals surface area contributed by atoms with Gasteiger partial charge in [0, 0.05) is 52.5 Å². The molecule has 0 fully saturated rings. The van der Waals surface area contributed by atoms with E-state index < -0.39 is 35.4 Å². The fourth-order valence-corrected chi connectivity index (χ4v) is 5.17. The number of aliphatic hydroxyl groups is 1. The van der Waals surface area contributed by atoms with Crippen LogP contribution in [0, 0.1) is 5.41 Å². The van der Waals surface area contributed by atoms with E-state index in [1.807, 2.05) is 13.8 Å². The lowest BCUT2D eigenvalue weighted by Crippen LogP contribution is -2.46. The van der Waals surface area contributed by atoms with Gasteiger partial charge in [0.05, 0.1) is 13.5 Å². The van der Waals surface area contributed by atoms with E-state index in [9.17, 15) is 24.6 Å². The van der Waals surface area contributed by atoms with E-state index in [1.165, 1.54) is 18.1 Å². The lowest BCUT2D eigenvalue weighted by atomic mass is 9.92. The first-order valence-electron chi connectivity index (χ1n) is 13.8. The number of methoxy groups -OCH3 is 1. The molecule has 0 bridgehead atoms. The van der Waals surface area contributed by atoms with Gasteiger partial charge in [0.15, 0.2) is 11.5 Å². The SMILES string of the molecule is COc1c(O)cccc1C1O[C@H](CC(=O)Nc2cccc(CCC(=O)O)c2)C(=O)N(CC(C)(C)CO)c2ccc(Cl)cc21. The second kappa shape index (κ2) is 13.5. The monoisotopic (exact) mass is 610 g/mol. The number of phenols is 1. The van der Waals surface area contributed by atoms with Gasteiger partial charge < -0.3 is 35.0 Å². The quantitative estimate of drug-likeness (QED) is 0.239. The first-order chi connectivity index (χ1) is 20.4. The molecule has 43 heavy (non-hydrogen) atoms. The molecule has 11 heteroatoms. The van der Waals surface area contributed by atoms with Gasteiger partial charge in [-0.25, -0.2) is 0 Å². The minimum atomic E-state index is -1.27. The highest BCUT2D eigenvalue weighted by Crippen LogP contribution is 2.45. The van der Waals surface area contributed by atoms with E-state index in [1.54, 1.807) is 54.6 Å². The van der Waals surface area contributed by atoms with Crippen LogP contribution in [0.3, 0.4) is 0 Å². The highest BCUT2D eigenvalue weighted by Gasteiger charge is 2.40. The maximum absolute atomic E-state index is 14.1. The van der Waals surface area contributed by atoms with Crippen LogP contribution in [0.2, 0.25) is 5.02 Å². The minimum Gasteiger partial charge on any atom is -0.504 e. The molecule has 0 saturated carbocycles. The second-order valence-corrected chi connectivity index (χ2v) is 11.6. The average molecular weight is 611 g/mol. The summed E-state index contributed by atoms with van der Waals surface area (Å²) < 4.78 is 11.9. The van der Waals surface area contributed by atoms with E-state index in [2.05, 4.69) is 5.32 Å². The Morgan fingerprint density at radius 1 is 1.09 bits per heavy atom. The van der Waals surface area contributed by atoms with Crippen molar-refractivity contribution in [3.05, 3.63) is 82.4 Å². The van der Waals surface area contributed by atoms with Gasteiger partial charge in [-0.1, -0.05) is 49.7 Å². The van der Waals surface area contributed by atoms with Crippen LogP contribution in [-0.4, -0.2) is 59.5 Å². The Morgan fingerprint density at radius 3 is 2.53 bits per heavy atom. The normalized spacial score (nSPS) is 16.8. The molecular formula is C32H35ClN2O8. The van der Waals surface area contributed by atoms with E-state index in [-0.39, 0.29) is 37.5 Å². The maximum Gasteiger partial charge on any atom is 0.303 e. The third kappa shape index (κ3) is 7.64. The number of aromatic hydroxyl groups is 1. The molecule has 1 heterocycles. The molecule has 1 unspecified atom stereocenters. The van der Waals surface area contributed by atoms with Crippen LogP contribution < -0.4 is 15.0 Å². The average Bonchev–Trinajstić information content (AvgIpc) is 3.06. The van der Waals surface area contributed by atoms with Gasteiger partial charge in [0.1, 0.15) is 12.2 Å². The number of rotatable bonds is 11. The van der Waals surface area contributed by atoms with Gasteiger partial charge in [-0.05, 0) is 48.4 Å². The Hall–Kier alpha value is -4.12. The standard InChI is InChI=1S/C32H35ClN2O8/c1-32(2,18-36)17-35-24-12-11-20(33)15-23(24)29(22-8-5-9-25(37)30(22)42-3)43-26(31(35)41)16-27(38)34-21-7-4-6-19(14-21)10-13-28(39)40/h4-9,11-12,14-15,26,29,36-37H,10,13,16-18H2,1-3H3,(H,34,38)(H,39,40)/t26-,29?/m1/s1. The van der Waals surface area contributed by atoms with Crippen molar-refractivity contribution in [3.63, 3.8) is 0 Å². The number of carboxylic acids is 1. The van der Waals surface area contributed by atoms with E-state index in [0.29, 0.717) is 33.9 Å². The van der Waals surface area contributed by atoms with Gasteiger partial charge in [0.2, 0.25) is 5.91 Å². The number of aryl methyl sites for hydroxylation is 1. The van der Waals surface area contributed by atoms with Gasteiger partial charge in [0.25, 0.3) is 5.91 Å². The lowest BCUT2D eigenvalue weighted by Gasteiger charge is -2.32. The van der Waals surface area contributed by atoms with Crippen LogP contribution >= 0.6 is 11.6 Å². The molecule has 3 aromatic rings. The van der Waals surface area contributed by atoms with Crippen molar-refractivity contribution in [1.82, 2.24) is 0 Å². The molecule has 4 rings (SSSR count). The van der Waals surface area contributed by atoms with Crippen molar-refractivity contribution in [1.29, 1.82) is 0 Å². The van der Waals surface area contributed by atoms with Crippen molar-refractivity contribution in [3.8, 4) is 11.5 Å². The Balaban J connectivity index is 1.73. The number of benzene rings is 3. The molecule has 3 aromatic carbocycles. The summed E-state index contributed by atoms with van der Waals surface area (Å²) in [5, 5.41) is 32.8. The van der Waals surface area contributed by atoms with E-state index in [4.69, 9.17) is 26.2 Å². The van der Waals surface area contributed by atoms with E-state index in [0.717, 1.165) is 5.56 Å². The predicted molar refractivity (Wildman–Crippen MR) is 162 cm³/mol. The van der Waals surface area contributed by atoms with Crippen molar-refractivity contribution < 1.29 is 39.2 Å². The van der Waals surface area contributed by atoms with Crippen LogP contribution in [-0.2, 0) is 25.5 Å². The summed E-state index contributed by atoms with van der Waals surface area (Å²) in [7, 11) is 1.41. The Labute approximate surface area is 254 Å². The van der Waals surface area contributed by atoms with Crippen molar-refractivity contribution in [2.75, 3.05) is 30.5 Å². The molecule has 10 nitrogen and oxygen atoms in total. The van der Waals surface area contributed by atoms with Crippen molar-refractivity contribution in [2.24, 2.45) is 5.41 Å². The molecule has 0 aliphatic carbocycles. The first-order valence-corrected chi connectivity index (χ1v) is 14.1. The zero-order valence-corrected chi connectivity index (χ0v) is 24.9. The summed E-state index contributed by atoms with van der Waals surface area (Å²) >= 11 is 6.42. The van der Waals surface area contributed by atoms with Crippen LogP contribution in [0.4, 0.5) is 11.4 Å². The molecule has 0 spiro atoms. The molecule has 2 amide bonds. The van der Waals surface area contributed by atoms with Crippen molar-refractivity contribution in [2.45, 2.75) is 45.3 Å². The zero-order chi connectivity index (χ0) is 31.3. The number of hydrogen-bond donors (Lipinski definition) is 4. The summed E-state index contributed by atoms with van der Waals surface area (Å²) in [4.78, 5) is 40.0. The summed E-state index contributed by atoms with van der Waals surface area (Å²) in [6.07, 6.45) is -2.33. The molecule has 0 saturated heterocycles. The number of carboxylic acid groups (broad SMARTS) is 1. The fourth-order valence-electron chi connectivity index (χ4n) is 4.99. The van der Waals surface area contributed by atoms with Crippen LogP contribution in [0.5, 0.6) is 11.5 Å². The Kier molecular flexibility index (Phi) is 9.95. The number of ether oxygens (including phenoxy) is 2. The maximum atomic E-state index is 14.1. The van der Waals surface area contributed by atoms with Crippen LogP contribution in [0.25, 0.3) is 0 Å². The predicted octanol–water partition coefficient (Wildman–Crippen LogP) is 4.94. The van der Waals surface area contributed by atoms with Gasteiger partial charge in [-0.2, -0.15) is 0 Å². The molecule has 228 valence electrons. The number of fused-ring (bicyclic) bond motifs is 1. The summed E-state index contributed by atoms with van der Waals surface area (Å²) in [5.41, 5.74) is 1.93. The fraction of sp³-hybridized carbons (Fsp3) is 0.344. The summed E-state index contributed by atoms with van der Waals surface area (Å²) in [6, 6.07) is 16.6. The summed E-state index contributed by atoms with van der Waals surface area (Å²) in [6.45, 7) is 3.55. The second-order valence-electron chi connectivity index (χ2n) is 11.2. The number of nitrogens with zero attached hydrogens (tertiary/aromatic N) is 1. The van der Waals surface area contributed by atoms with Crippen LogP contribution in [0.15, 0.2) is 60.7 Å². The van der Waals surface area contributed by atoms with Crippen LogP contribution in [0.1, 0.15) is 49.5 Å². The first kappa shape index (κ1) is 31.8. The van der Waals surface area contributed by atoms with Gasteiger partial charge in [-0.3, -0.25) is 14.4 Å². The van der Waals surface area contributed by atoms with Gasteiger partial charge >= 0.3 is 5.97 Å². The topological polar surface area (TPSA) is 146 Å². The number of nitrogens with one attached hydrogen (secondary N) is 1. The molecule has 0 radical (unpaired) electrons. The Bertz CT molecular complexity index is 1510. The molecule has 2 atom stereocenters. The number of carbonyl (C=O) groups excluding carboxylic acids is 2. The molecule has 0 aromatic heterocycles. The number of aliphatic hydroxyl groups excluding tert-OH is 1. The number of amides is 2.